The molecule has 0 aliphatic carbocycles. The van der Waals surface area contributed by atoms with Crippen molar-refractivity contribution in [3.05, 3.63) is 35.4 Å². The molecule has 2 rings (SSSR count). The fourth-order valence-electron chi connectivity index (χ4n) is 2.70. The van der Waals surface area contributed by atoms with Crippen LogP contribution in [0.2, 0.25) is 0 Å². The van der Waals surface area contributed by atoms with Crippen LogP contribution in [0.25, 0.3) is 0 Å². The highest BCUT2D eigenvalue weighted by atomic mass is 19.1. The Hall–Kier alpha value is -2.22. The third-order valence-corrected chi connectivity index (χ3v) is 3.99. The largest absolute Gasteiger partial charge is 0.369 e. The zero-order valence-electron chi connectivity index (χ0n) is 13.7. The summed E-state index contributed by atoms with van der Waals surface area (Å²) < 4.78 is 26.8. The van der Waals surface area contributed by atoms with Gasteiger partial charge in [-0.1, -0.05) is 0 Å². The maximum absolute atomic E-state index is 13.6. The molecule has 0 saturated carbocycles. The Labute approximate surface area is 140 Å². The lowest BCUT2D eigenvalue weighted by molar-refractivity contribution is -0.119. The number of nitrogens with zero attached hydrogens (tertiary/aromatic N) is 2. The molecule has 6 nitrogen and oxygen atoms in total. The highest BCUT2D eigenvalue weighted by molar-refractivity contribution is 5.80. The van der Waals surface area contributed by atoms with Crippen LogP contribution < -0.4 is 16.4 Å². The molecule has 0 radical (unpaired) electrons. The molecule has 24 heavy (non-hydrogen) atoms. The lowest BCUT2D eigenvalue weighted by Crippen LogP contribution is -2.49. The number of nitrogens with one attached hydrogen (secondary N) is 2. The summed E-state index contributed by atoms with van der Waals surface area (Å²) in [5, 5.41) is 6.25. The summed E-state index contributed by atoms with van der Waals surface area (Å²) in [6.45, 7) is 1.97. The molecular weight excluding hydrogens is 316 g/mol. The van der Waals surface area contributed by atoms with Crippen molar-refractivity contribution in [2.45, 2.75) is 25.4 Å². The molecule has 1 aromatic rings. The Kier molecular flexibility index (Phi) is 6.48. The number of carbonyl (C=O) groups excluding carboxylic acids is 1. The minimum Gasteiger partial charge on any atom is -0.369 e. The first kappa shape index (κ1) is 18.1. The highest BCUT2D eigenvalue weighted by Crippen LogP contribution is 2.11. The molecule has 1 aliphatic heterocycles. The van der Waals surface area contributed by atoms with Crippen LogP contribution >= 0.6 is 0 Å². The number of aliphatic imine (C=N–C) groups is 1. The molecular formula is C16H23F2N5O. The summed E-state index contributed by atoms with van der Waals surface area (Å²) in [4.78, 5) is 17.0. The number of amides is 1. The van der Waals surface area contributed by atoms with E-state index in [1.807, 2.05) is 4.90 Å². The molecule has 0 unspecified atom stereocenters. The topological polar surface area (TPSA) is 82.8 Å². The van der Waals surface area contributed by atoms with Gasteiger partial charge in [-0.3, -0.25) is 14.7 Å². The lowest BCUT2D eigenvalue weighted by Gasteiger charge is -2.32. The Morgan fingerprint density at radius 1 is 1.38 bits per heavy atom. The summed E-state index contributed by atoms with van der Waals surface area (Å²) in [5.74, 6) is -0.722. The van der Waals surface area contributed by atoms with Gasteiger partial charge in [0.05, 0.1) is 6.54 Å². The lowest BCUT2D eigenvalue weighted by atomic mass is 10.1. The fraction of sp³-hybridized carbons (Fsp3) is 0.500. The van der Waals surface area contributed by atoms with E-state index in [2.05, 4.69) is 15.6 Å². The molecule has 4 N–H and O–H groups in total. The van der Waals surface area contributed by atoms with Crippen LogP contribution in [0.3, 0.4) is 0 Å². The van der Waals surface area contributed by atoms with Crippen molar-refractivity contribution in [1.29, 1.82) is 0 Å². The number of primary amides is 1. The number of benzene rings is 1. The summed E-state index contributed by atoms with van der Waals surface area (Å²) in [6.07, 6.45) is 1.70. The monoisotopic (exact) mass is 339 g/mol. The zero-order chi connectivity index (χ0) is 17.5. The van der Waals surface area contributed by atoms with Crippen molar-refractivity contribution >= 4 is 11.9 Å². The SMILES string of the molecule is CN=C(NCc1cc(F)ccc1F)NC1CCN(CC(N)=O)CC1. The van der Waals surface area contributed by atoms with E-state index >= 15 is 0 Å². The molecule has 1 saturated heterocycles. The first-order valence-electron chi connectivity index (χ1n) is 7.89. The van der Waals surface area contributed by atoms with Gasteiger partial charge in [0.25, 0.3) is 0 Å². The van der Waals surface area contributed by atoms with E-state index in [9.17, 15) is 13.6 Å². The van der Waals surface area contributed by atoms with Crippen LogP contribution in [0.4, 0.5) is 8.78 Å². The molecule has 0 bridgehead atoms. The Bertz CT molecular complexity index is 600. The predicted octanol–water partition coefficient (Wildman–Crippen LogP) is 0.580. The maximum atomic E-state index is 13.6. The van der Waals surface area contributed by atoms with E-state index in [0.717, 1.165) is 44.1 Å². The zero-order valence-corrected chi connectivity index (χ0v) is 13.7. The summed E-state index contributed by atoms with van der Waals surface area (Å²) in [5.41, 5.74) is 5.44. The molecule has 0 aromatic heterocycles. The van der Waals surface area contributed by atoms with Crippen molar-refractivity contribution in [2.75, 3.05) is 26.7 Å². The second-order valence-electron chi connectivity index (χ2n) is 5.82. The minimum atomic E-state index is -0.474. The van der Waals surface area contributed by atoms with Gasteiger partial charge in [0.1, 0.15) is 11.6 Å². The van der Waals surface area contributed by atoms with Gasteiger partial charge in [-0.2, -0.15) is 0 Å². The van der Waals surface area contributed by atoms with E-state index in [-0.39, 0.29) is 30.6 Å². The quantitative estimate of drug-likeness (QED) is 0.541. The number of rotatable bonds is 5. The molecule has 1 aromatic carbocycles. The van der Waals surface area contributed by atoms with Gasteiger partial charge in [-0.05, 0) is 31.0 Å². The van der Waals surface area contributed by atoms with Crippen LogP contribution in [0.15, 0.2) is 23.2 Å². The number of halogens is 2. The Morgan fingerprint density at radius 3 is 2.71 bits per heavy atom. The number of piperidine rings is 1. The average Bonchev–Trinajstić information content (AvgIpc) is 2.55. The van der Waals surface area contributed by atoms with Crippen LogP contribution in [0.1, 0.15) is 18.4 Å². The second-order valence-corrected chi connectivity index (χ2v) is 5.82. The normalized spacial score (nSPS) is 16.9. The number of guanidine groups is 1. The third kappa shape index (κ3) is 5.45. The van der Waals surface area contributed by atoms with E-state index in [1.54, 1.807) is 7.05 Å². The first-order valence-corrected chi connectivity index (χ1v) is 7.89. The standard InChI is InChI=1S/C16H23F2N5O/c1-20-16(21-9-11-8-12(17)2-3-14(11)18)22-13-4-6-23(7-5-13)10-15(19)24/h2-3,8,13H,4-7,9-10H2,1H3,(H2,19,24)(H2,20,21,22). The summed E-state index contributed by atoms with van der Waals surface area (Å²) in [6, 6.07) is 3.57. The molecule has 1 heterocycles. The number of hydrogen-bond donors (Lipinski definition) is 3. The van der Waals surface area contributed by atoms with Crippen LogP contribution in [0, 0.1) is 11.6 Å². The average molecular weight is 339 g/mol. The van der Waals surface area contributed by atoms with E-state index < -0.39 is 11.6 Å². The Morgan fingerprint density at radius 2 is 2.08 bits per heavy atom. The molecule has 1 aliphatic rings. The molecule has 1 fully saturated rings. The smallest absolute Gasteiger partial charge is 0.231 e. The summed E-state index contributed by atoms with van der Waals surface area (Å²) >= 11 is 0. The van der Waals surface area contributed by atoms with Gasteiger partial charge in [-0.25, -0.2) is 8.78 Å². The first-order chi connectivity index (χ1) is 11.5. The van der Waals surface area contributed by atoms with Crippen molar-refractivity contribution in [2.24, 2.45) is 10.7 Å². The molecule has 132 valence electrons. The molecule has 1 amide bonds. The molecule has 0 atom stereocenters. The predicted molar refractivity (Wildman–Crippen MR) is 88.3 cm³/mol. The van der Waals surface area contributed by atoms with Crippen LogP contribution in [0.5, 0.6) is 0 Å². The fourth-order valence-corrected chi connectivity index (χ4v) is 2.70. The van der Waals surface area contributed by atoms with Gasteiger partial charge >= 0.3 is 0 Å². The van der Waals surface area contributed by atoms with Gasteiger partial charge in [0.15, 0.2) is 5.96 Å². The van der Waals surface area contributed by atoms with Gasteiger partial charge in [0.2, 0.25) is 5.91 Å². The second kappa shape index (κ2) is 8.58. The third-order valence-electron chi connectivity index (χ3n) is 3.99. The van der Waals surface area contributed by atoms with Gasteiger partial charge in [0, 0.05) is 38.3 Å². The van der Waals surface area contributed by atoms with Crippen LogP contribution in [-0.2, 0) is 11.3 Å². The molecule has 0 spiro atoms. The maximum Gasteiger partial charge on any atom is 0.231 e. The summed E-state index contributed by atoms with van der Waals surface area (Å²) in [7, 11) is 1.62. The number of carbonyl (C=O) groups is 1. The number of likely N-dealkylation sites (tertiary alicyclic amines) is 1. The van der Waals surface area contributed by atoms with E-state index in [4.69, 9.17) is 5.73 Å². The van der Waals surface area contributed by atoms with E-state index in [0.29, 0.717) is 5.96 Å². The van der Waals surface area contributed by atoms with Crippen molar-refractivity contribution in [1.82, 2.24) is 15.5 Å². The van der Waals surface area contributed by atoms with Crippen molar-refractivity contribution in [3.63, 3.8) is 0 Å². The molecule has 8 heteroatoms. The number of hydrogen-bond acceptors (Lipinski definition) is 3. The highest BCUT2D eigenvalue weighted by Gasteiger charge is 2.20. The minimum absolute atomic E-state index is 0.143. The van der Waals surface area contributed by atoms with E-state index in [1.165, 1.54) is 0 Å². The van der Waals surface area contributed by atoms with Gasteiger partial charge < -0.3 is 16.4 Å². The van der Waals surface area contributed by atoms with Gasteiger partial charge in [-0.15, -0.1) is 0 Å². The van der Waals surface area contributed by atoms with Crippen molar-refractivity contribution < 1.29 is 13.6 Å². The van der Waals surface area contributed by atoms with Crippen LogP contribution in [-0.4, -0.2) is 49.5 Å². The Balaban J connectivity index is 1.81. The number of nitrogens with two attached hydrogens (primary N) is 1. The van der Waals surface area contributed by atoms with Crippen molar-refractivity contribution in [3.8, 4) is 0 Å².